The molecule has 0 aliphatic carbocycles. The molecule has 25 heavy (non-hydrogen) atoms. The summed E-state index contributed by atoms with van der Waals surface area (Å²) in [6.45, 7) is 5.89. The van der Waals surface area contributed by atoms with Gasteiger partial charge in [-0.1, -0.05) is 26.7 Å². The van der Waals surface area contributed by atoms with Crippen molar-refractivity contribution < 1.29 is 4.79 Å². The van der Waals surface area contributed by atoms with Gasteiger partial charge in [0.1, 0.15) is 5.39 Å². The number of amides is 1. The number of fused-ring (bicyclic) bond motifs is 1. The Morgan fingerprint density at radius 2 is 1.76 bits per heavy atom. The first-order valence-corrected chi connectivity index (χ1v) is 8.69. The molecule has 0 unspecified atom stereocenters. The normalized spacial score (nSPS) is 11.3. The Kier molecular flexibility index (Phi) is 5.77. The van der Waals surface area contributed by atoms with Crippen molar-refractivity contribution in [1.29, 1.82) is 0 Å². The molecule has 0 atom stereocenters. The van der Waals surface area contributed by atoms with Crippen LogP contribution in [0.25, 0.3) is 11.0 Å². The maximum atomic E-state index is 12.7. The molecule has 7 nitrogen and oxygen atoms in total. The van der Waals surface area contributed by atoms with Crippen LogP contribution in [0.3, 0.4) is 0 Å². The van der Waals surface area contributed by atoms with Crippen molar-refractivity contribution in [2.24, 2.45) is 20.0 Å². The molecule has 136 valence electrons. The number of carbonyl (C=O) groups excluding carboxylic acids is 1. The summed E-state index contributed by atoms with van der Waals surface area (Å²) in [6, 6.07) is 0. The molecule has 0 saturated carbocycles. The minimum absolute atomic E-state index is 0.0878. The molecule has 1 N–H and O–H groups in total. The topological polar surface area (TPSA) is 86.0 Å². The molecular formula is C18H26N4O3. The van der Waals surface area contributed by atoms with Gasteiger partial charge in [-0.2, -0.15) is 0 Å². The van der Waals surface area contributed by atoms with Gasteiger partial charge in [-0.05, 0) is 25.3 Å². The molecule has 2 aromatic heterocycles. The van der Waals surface area contributed by atoms with Crippen LogP contribution in [0.5, 0.6) is 0 Å². The van der Waals surface area contributed by atoms with Crippen molar-refractivity contribution >= 4 is 22.6 Å². The summed E-state index contributed by atoms with van der Waals surface area (Å²) in [5.41, 5.74) is 0.524. The molecule has 0 aliphatic rings. The van der Waals surface area contributed by atoms with Crippen LogP contribution in [0.4, 0.5) is 5.69 Å². The van der Waals surface area contributed by atoms with Crippen LogP contribution in [0.1, 0.15) is 45.1 Å². The average Bonchev–Trinajstić information content (AvgIpc) is 2.59. The maximum absolute atomic E-state index is 12.7. The number of aromatic nitrogens is 3. The lowest BCUT2D eigenvalue weighted by Crippen LogP contribution is -2.38. The predicted octanol–water partition coefficient (Wildman–Crippen LogP) is 2.10. The van der Waals surface area contributed by atoms with Crippen molar-refractivity contribution in [1.82, 2.24) is 14.1 Å². The Morgan fingerprint density at radius 1 is 1.16 bits per heavy atom. The fourth-order valence-electron chi connectivity index (χ4n) is 3.11. The molecule has 2 rings (SSSR count). The Hall–Kier alpha value is -2.44. The third-order valence-electron chi connectivity index (χ3n) is 4.55. The fraction of sp³-hybridized carbons (Fsp3) is 0.556. The average molecular weight is 346 g/mol. The van der Waals surface area contributed by atoms with E-state index in [-0.39, 0.29) is 22.9 Å². The minimum Gasteiger partial charge on any atom is -0.325 e. The molecule has 0 spiro atoms. The first kappa shape index (κ1) is 18.9. The van der Waals surface area contributed by atoms with Gasteiger partial charge in [0, 0.05) is 26.2 Å². The lowest BCUT2D eigenvalue weighted by molar-refractivity contribution is -0.120. The number of nitrogens with one attached hydrogen (secondary N) is 1. The van der Waals surface area contributed by atoms with E-state index in [0.717, 1.165) is 30.3 Å². The monoisotopic (exact) mass is 346 g/mol. The van der Waals surface area contributed by atoms with Crippen LogP contribution in [0, 0.1) is 12.8 Å². The molecule has 0 aliphatic heterocycles. The third-order valence-corrected chi connectivity index (χ3v) is 4.55. The first-order valence-electron chi connectivity index (χ1n) is 8.69. The number of aryl methyl sites for hydroxylation is 2. The van der Waals surface area contributed by atoms with Crippen molar-refractivity contribution in [2.45, 2.75) is 46.5 Å². The van der Waals surface area contributed by atoms with E-state index < -0.39 is 11.2 Å². The zero-order chi connectivity index (χ0) is 18.7. The van der Waals surface area contributed by atoms with E-state index in [0.29, 0.717) is 11.3 Å². The second-order valence-electron chi connectivity index (χ2n) is 6.48. The second-order valence-corrected chi connectivity index (χ2v) is 6.48. The van der Waals surface area contributed by atoms with Gasteiger partial charge in [0.2, 0.25) is 5.91 Å². The number of rotatable bonds is 6. The number of anilines is 1. The Balaban J connectivity index is 2.62. The van der Waals surface area contributed by atoms with E-state index in [9.17, 15) is 14.4 Å². The van der Waals surface area contributed by atoms with Gasteiger partial charge < -0.3 is 5.32 Å². The van der Waals surface area contributed by atoms with Crippen molar-refractivity contribution in [3.8, 4) is 0 Å². The first-order chi connectivity index (χ1) is 11.8. The van der Waals surface area contributed by atoms with Crippen LogP contribution >= 0.6 is 0 Å². The highest BCUT2D eigenvalue weighted by Gasteiger charge is 2.21. The highest BCUT2D eigenvalue weighted by atomic mass is 16.2. The lowest BCUT2D eigenvalue weighted by atomic mass is 9.97. The van der Waals surface area contributed by atoms with Crippen LogP contribution in [0.15, 0.2) is 15.8 Å². The van der Waals surface area contributed by atoms with Crippen LogP contribution in [-0.4, -0.2) is 20.0 Å². The van der Waals surface area contributed by atoms with Crippen LogP contribution in [-0.2, 0) is 18.9 Å². The van der Waals surface area contributed by atoms with Gasteiger partial charge in [0.15, 0.2) is 5.65 Å². The van der Waals surface area contributed by atoms with Crippen molar-refractivity contribution in [2.75, 3.05) is 5.32 Å². The molecule has 0 radical (unpaired) electrons. The molecule has 2 heterocycles. The fourth-order valence-corrected chi connectivity index (χ4v) is 3.11. The number of hydrogen-bond donors (Lipinski definition) is 1. The zero-order valence-corrected chi connectivity index (χ0v) is 15.5. The SMILES string of the molecule is CCCC(CCC)C(=O)Nc1c(C)cnc2c1c(=O)n(C)c(=O)n2C. The highest BCUT2D eigenvalue weighted by molar-refractivity contribution is 6.01. The third kappa shape index (κ3) is 3.50. The quantitative estimate of drug-likeness (QED) is 0.868. The predicted molar refractivity (Wildman–Crippen MR) is 98.9 cm³/mol. The molecule has 7 heteroatoms. The molecule has 2 aromatic rings. The Bertz CT molecular complexity index is 905. The summed E-state index contributed by atoms with van der Waals surface area (Å²) < 4.78 is 2.36. The van der Waals surface area contributed by atoms with E-state index in [1.807, 2.05) is 0 Å². The Labute approximate surface area is 146 Å². The zero-order valence-electron chi connectivity index (χ0n) is 15.5. The minimum atomic E-state index is -0.452. The summed E-state index contributed by atoms with van der Waals surface area (Å²) >= 11 is 0. The van der Waals surface area contributed by atoms with Gasteiger partial charge in [-0.25, -0.2) is 9.78 Å². The van der Waals surface area contributed by atoms with Crippen LogP contribution < -0.4 is 16.6 Å². The summed E-state index contributed by atoms with van der Waals surface area (Å²) in [6.07, 6.45) is 5.02. The summed E-state index contributed by atoms with van der Waals surface area (Å²) in [5, 5.41) is 3.20. The molecule has 1 amide bonds. The van der Waals surface area contributed by atoms with Crippen LogP contribution in [0.2, 0.25) is 0 Å². The number of carbonyl (C=O) groups is 1. The van der Waals surface area contributed by atoms with Gasteiger partial charge >= 0.3 is 5.69 Å². The summed E-state index contributed by atoms with van der Waals surface area (Å²) in [7, 11) is 2.99. The number of hydrogen-bond acceptors (Lipinski definition) is 4. The van der Waals surface area contributed by atoms with E-state index in [1.54, 1.807) is 20.2 Å². The largest absolute Gasteiger partial charge is 0.332 e. The number of pyridine rings is 1. The van der Waals surface area contributed by atoms with Gasteiger partial charge in [0.05, 0.1) is 5.69 Å². The maximum Gasteiger partial charge on any atom is 0.332 e. The standard InChI is InChI=1S/C18H26N4O3/c1-6-8-12(9-7-2)16(23)20-14-11(3)10-19-15-13(14)17(24)22(5)18(25)21(15)4/h10,12H,6-9H2,1-5H3,(H,19,20,23). The van der Waals surface area contributed by atoms with Gasteiger partial charge in [-0.3, -0.25) is 18.7 Å². The second kappa shape index (κ2) is 7.63. The highest BCUT2D eigenvalue weighted by Crippen LogP contribution is 2.24. The number of nitrogens with zero attached hydrogens (tertiary/aromatic N) is 3. The molecule has 0 bridgehead atoms. The van der Waals surface area contributed by atoms with E-state index in [2.05, 4.69) is 24.1 Å². The molecule has 0 fully saturated rings. The molecule has 0 aromatic carbocycles. The van der Waals surface area contributed by atoms with E-state index >= 15 is 0 Å². The van der Waals surface area contributed by atoms with Crippen molar-refractivity contribution in [3.05, 3.63) is 32.6 Å². The summed E-state index contributed by atoms with van der Waals surface area (Å²) in [5.74, 6) is -0.177. The molecular weight excluding hydrogens is 320 g/mol. The van der Waals surface area contributed by atoms with E-state index in [1.165, 1.54) is 11.6 Å². The van der Waals surface area contributed by atoms with Crippen molar-refractivity contribution in [3.63, 3.8) is 0 Å². The molecule has 0 saturated heterocycles. The lowest BCUT2D eigenvalue weighted by Gasteiger charge is -2.18. The smallest absolute Gasteiger partial charge is 0.325 e. The Morgan fingerprint density at radius 3 is 2.32 bits per heavy atom. The van der Waals surface area contributed by atoms with Gasteiger partial charge in [-0.15, -0.1) is 0 Å². The van der Waals surface area contributed by atoms with E-state index in [4.69, 9.17) is 0 Å². The van der Waals surface area contributed by atoms with Gasteiger partial charge in [0.25, 0.3) is 5.56 Å². The summed E-state index contributed by atoms with van der Waals surface area (Å²) in [4.78, 5) is 41.7.